The molecule has 2 N–H and O–H groups in total. The van der Waals surface area contributed by atoms with Crippen LogP contribution in [-0.4, -0.2) is 43.0 Å². The average molecular weight is 526 g/mol. The lowest BCUT2D eigenvalue weighted by atomic mass is 10.0. The van der Waals surface area contributed by atoms with Crippen molar-refractivity contribution in [3.63, 3.8) is 0 Å². The molecule has 2 atom stereocenters. The molecule has 7 nitrogen and oxygen atoms in total. The minimum atomic E-state index is -0.751. The van der Waals surface area contributed by atoms with Gasteiger partial charge in [-0.2, -0.15) is 5.26 Å². The smallest absolute Gasteiger partial charge is 0.303 e. The quantitative estimate of drug-likeness (QED) is 0.157. The van der Waals surface area contributed by atoms with Gasteiger partial charge in [-0.15, -0.1) is 0 Å². The standard InChI is InChI=1S/C27H32N3O4PS/c1-17(2)34-25-12-9-19(15-20(25)16-28)27(33-4)29-18(3)21-7-6-8-23-22(21)10-11-24(23)30-36-35(5)14-13-26(31)32/h6-9,12,15,17,24,30H,3,10-11,13-14H2,1-2,4-5H3,(H,31,32). The Bertz CT molecular complexity index is 1190. The topological polar surface area (TPSA) is 104 Å². The molecule has 0 aliphatic heterocycles. The number of fused-ring (bicyclic) bond motifs is 1. The normalized spacial score (nSPS) is 15.8. The molecular weight excluding hydrogens is 493 g/mol. The zero-order valence-electron chi connectivity index (χ0n) is 21.1. The van der Waals surface area contributed by atoms with Crippen molar-refractivity contribution in [1.29, 1.82) is 5.26 Å². The van der Waals surface area contributed by atoms with Gasteiger partial charge in [0.1, 0.15) is 11.8 Å². The second kappa shape index (κ2) is 12.9. The molecule has 2 aromatic carbocycles. The molecule has 36 heavy (non-hydrogen) atoms. The maximum atomic E-state index is 10.8. The van der Waals surface area contributed by atoms with Crippen LogP contribution in [0.3, 0.4) is 0 Å². The highest BCUT2D eigenvalue weighted by Crippen LogP contribution is 2.47. The van der Waals surface area contributed by atoms with Crippen molar-refractivity contribution in [3.8, 4) is 11.8 Å². The third-order valence-electron chi connectivity index (χ3n) is 5.71. The summed E-state index contributed by atoms with van der Waals surface area (Å²) in [7, 11) is 1.10. The van der Waals surface area contributed by atoms with Crippen LogP contribution in [-0.2, 0) is 16.0 Å². The molecular formula is C27H32N3O4PS. The Morgan fingerprint density at radius 1 is 1.39 bits per heavy atom. The van der Waals surface area contributed by atoms with E-state index < -0.39 is 13.1 Å². The van der Waals surface area contributed by atoms with Crippen LogP contribution in [0.15, 0.2) is 48.0 Å². The van der Waals surface area contributed by atoms with E-state index in [-0.39, 0.29) is 18.6 Å². The average Bonchev–Trinajstić information content (AvgIpc) is 3.27. The van der Waals surface area contributed by atoms with Gasteiger partial charge in [0.15, 0.2) is 0 Å². The lowest BCUT2D eigenvalue weighted by Gasteiger charge is -2.17. The Kier molecular flexibility index (Phi) is 9.95. The third-order valence-corrected chi connectivity index (χ3v) is 9.07. The number of nitrogens with zero attached hydrogens (tertiary/aromatic N) is 2. The second-order valence-corrected chi connectivity index (χ2v) is 13.3. The molecule has 190 valence electrons. The first kappa shape index (κ1) is 27.7. The number of aliphatic carboxylic acids is 1. The van der Waals surface area contributed by atoms with Gasteiger partial charge >= 0.3 is 5.97 Å². The van der Waals surface area contributed by atoms with E-state index in [1.54, 1.807) is 30.8 Å². The summed E-state index contributed by atoms with van der Waals surface area (Å²) < 4.78 is 14.9. The van der Waals surface area contributed by atoms with Gasteiger partial charge in [-0.05, 0) is 76.0 Å². The minimum absolute atomic E-state index is 0.0378. The largest absolute Gasteiger partial charge is 0.490 e. The zero-order valence-corrected chi connectivity index (χ0v) is 22.8. The first-order chi connectivity index (χ1) is 17.2. The molecule has 1 aliphatic carbocycles. The number of carboxylic acids is 1. The first-order valence-electron chi connectivity index (χ1n) is 11.7. The second-order valence-electron chi connectivity index (χ2n) is 8.73. The summed E-state index contributed by atoms with van der Waals surface area (Å²) >= 11 is 1.66. The lowest BCUT2D eigenvalue weighted by Crippen LogP contribution is -2.11. The van der Waals surface area contributed by atoms with Crippen LogP contribution in [0.1, 0.15) is 60.5 Å². The van der Waals surface area contributed by atoms with Gasteiger partial charge < -0.3 is 14.6 Å². The summed E-state index contributed by atoms with van der Waals surface area (Å²) in [5, 5.41) is 18.5. The van der Waals surface area contributed by atoms with Gasteiger partial charge in [0.05, 0.1) is 30.9 Å². The fraction of sp³-hybridized carbons (Fsp3) is 0.370. The SMILES string of the molecule is C=C(N=C(OC)c1ccc(OC(C)C)c(C#N)c1)c1cccc2c1CCC2NSP(C)CCC(=O)O. The van der Waals surface area contributed by atoms with E-state index in [1.807, 2.05) is 32.0 Å². The van der Waals surface area contributed by atoms with Crippen LogP contribution in [0, 0.1) is 11.3 Å². The minimum Gasteiger partial charge on any atom is -0.490 e. The van der Waals surface area contributed by atoms with E-state index in [4.69, 9.17) is 19.6 Å². The first-order valence-corrected chi connectivity index (χ1v) is 15.1. The third kappa shape index (κ3) is 7.10. The zero-order chi connectivity index (χ0) is 26.2. The van der Waals surface area contributed by atoms with Gasteiger partial charge in [0.25, 0.3) is 0 Å². The van der Waals surface area contributed by atoms with Crippen molar-refractivity contribution in [2.45, 2.75) is 45.3 Å². The number of hydrogen-bond donors (Lipinski definition) is 2. The van der Waals surface area contributed by atoms with Crippen molar-refractivity contribution in [1.82, 2.24) is 4.72 Å². The number of nitriles is 1. The molecule has 0 saturated heterocycles. The number of hydrogen-bond acceptors (Lipinski definition) is 7. The van der Waals surface area contributed by atoms with E-state index in [2.05, 4.69) is 30.1 Å². The molecule has 0 radical (unpaired) electrons. The Morgan fingerprint density at radius 2 is 2.17 bits per heavy atom. The summed E-state index contributed by atoms with van der Waals surface area (Å²) in [6, 6.07) is 13.8. The summed E-state index contributed by atoms with van der Waals surface area (Å²) in [6.45, 7) is 10.2. The predicted octanol–water partition coefficient (Wildman–Crippen LogP) is 6.14. The summed E-state index contributed by atoms with van der Waals surface area (Å²) in [5.41, 5.74) is 5.09. The number of carboxylic acid groups (broad SMARTS) is 1. The fourth-order valence-corrected chi connectivity index (χ4v) is 6.64. The number of aliphatic imine (C=N–C) groups is 1. The number of benzene rings is 2. The highest BCUT2D eigenvalue weighted by atomic mass is 32.7. The van der Waals surface area contributed by atoms with Crippen molar-refractivity contribution < 1.29 is 19.4 Å². The molecule has 0 spiro atoms. The highest BCUT2D eigenvalue weighted by Gasteiger charge is 2.26. The Morgan fingerprint density at radius 3 is 2.83 bits per heavy atom. The van der Waals surface area contributed by atoms with Crippen LogP contribution in [0.4, 0.5) is 0 Å². The number of nitrogens with one attached hydrogen (secondary N) is 1. The van der Waals surface area contributed by atoms with Crippen LogP contribution < -0.4 is 9.46 Å². The van der Waals surface area contributed by atoms with Gasteiger partial charge in [-0.3, -0.25) is 9.52 Å². The van der Waals surface area contributed by atoms with Gasteiger partial charge in [0, 0.05) is 17.2 Å². The molecule has 0 heterocycles. The molecule has 2 aromatic rings. The fourth-order valence-electron chi connectivity index (χ4n) is 4.02. The van der Waals surface area contributed by atoms with Crippen molar-refractivity contribution in [2.24, 2.45) is 4.99 Å². The van der Waals surface area contributed by atoms with Gasteiger partial charge in [-0.25, -0.2) is 4.99 Å². The van der Waals surface area contributed by atoms with Crippen LogP contribution in [0.2, 0.25) is 0 Å². The van der Waals surface area contributed by atoms with E-state index in [0.717, 1.165) is 18.4 Å². The summed E-state index contributed by atoms with van der Waals surface area (Å²) in [6.07, 6.45) is 2.70. The maximum Gasteiger partial charge on any atom is 0.303 e. The van der Waals surface area contributed by atoms with E-state index in [1.165, 1.54) is 11.1 Å². The van der Waals surface area contributed by atoms with Gasteiger partial charge in [0.2, 0.25) is 5.90 Å². The van der Waals surface area contributed by atoms with E-state index in [9.17, 15) is 10.1 Å². The Hall–Kier alpha value is -2.85. The lowest BCUT2D eigenvalue weighted by molar-refractivity contribution is -0.136. The molecule has 0 bridgehead atoms. The predicted molar refractivity (Wildman–Crippen MR) is 148 cm³/mol. The van der Waals surface area contributed by atoms with Crippen molar-refractivity contribution in [2.75, 3.05) is 19.9 Å². The maximum absolute atomic E-state index is 10.8. The monoisotopic (exact) mass is 525 g/mol. The number of ether oxygens (including phenoxy) is 2. The molecule has 3 rings (SSSR count). The molecule has 0 aromatic heterocycles. The molecule has 9 heteroatoms. The number of rotatable bonds is 11. The van der Waals surface area contributed by atoms with Crippen molar-refractivity contribution in [3.05, 3.63) is 70.8 Å². The van der Waals surface area contributed by atoms with Gasteiger partial charge in [-0.1, -0.05) is 36.3 Å². The van der Waals surface area contributed by atoms with Crippen LogP contribution in [0.5, 0.6) is 5.75 Å². The molecule has 2 unspecified atom stereocenters. The number of carbonyl (C=O) groups is 1. The Labute approximate surface area is 218 Å². The summed E-state index contributed by atoms with van der Waals surface area (Å²) in [4.78, 5) is 15.5. The van der Waals surface area contributed by atoms with E-state index >= 15 is 0 Å². The summed E-state index contributed by atoms with van der Waals surface area (Å²) in [5.74, 6) is 0.156. The van der Waals surface area contributed by atoms with Crippen LogP contribution in [0.25, 0.3) is 5.70 Å². The Balaban J connectivity index is 1.78. The molecule has 1 aliphatic rings. The molecule has 0 fully saturated rings. The highest BCUT2D eigenvalue weighted by molar-refractivity contribution is 8.54. The van der Waals surface area contributed by atoms with Crippen molar-refractivity contribution >= 4 is 36.3 Å². The van der Waals surface area contributed by atoms with Crippen LogP contribution >= 0.6 is 18.7 Å². The van der Waals surface area contributed by atoms with E-state index in [0.29, 0.717) is 34.6 Å². The number of methoxy groups -OCH3 is 1. The molecule has 0 amide bonds. The molecule has 0 saturated carbocycles.